The molecule has 2 atom stereocenters. The molecule has 2 rings (SSSR count). The monoisotopic (exact) mass is 256 g/mol. The number of ether oxygens (including phenoxy) is 3. The molecular formula is C13H20O5. The minimum atomic E-state index is -1.10. The molecular weight excluding hydrogens is 236 g/mol. The van der Waals surface area contributed by atoms with E-state index in [1.54, 1.807) is 6.92 Å². The summed E-state index contributed by atoms with van der Waals surface area (Å²) in [5, 5.41) is 0. The van der Waals surface area contributed by atoms with Gasteiger partial charge in [0.25, 0.3) is 0 Å². The van der Waals surface area contributed by atoms with E-state index in [1.807, 2.05) is 0 Å². The third kappa shape index (κ3) is 2.17. The number of ketones is 1. The quantitative estimate of drug-likeness (QED) is 0.561. The molecule has 5 heteroatoms. The highest BCUT2D eigenvalue weighted by molar-refractivity contribution is 6.06. The van der Waals surface area contributed by atoms with Gasteiger partial charge in [0.05, 0.1) is 6.61 Å². The van der Waals surface area contributed by atoms with Gasteiger partial charge in [-0.15, -0.1) is 0 Å². The summed E-state index contributed by atoms with van der Waals surface area (Å²) in [6.45, 7) is 1.96. The Morgan fingerprint density at radius 3 is 2.61 bits per heavy atom. The van der Waals surface area contributed by atoms with Gasteiger partial charge in [0.15, 0.2) is 0 Å². The fourth-order valence-corrected chi connectivity index (χ4v) is 2.99. The maximum Gasteiger partial charge on any atom is 0.343 e. The van der Waals surface area contributed by atoms with Crippen molar-refractivity contribution >= 4 is 11.8 Å². The molecule has 2 fully saturated rings. The molecule has 0 aromatic rings. The van der Waals surface area contributed by atoms with Crippen LogP contribution in [0.2, 0.25) is 0 Å². The maximum atomic E-state index is 12.2. The van der Waals surface area contributed by atoms with E-state index in [4.69, 9.17) is 14.2 Å². The van der Waals surface area contributed by atoms with Crippen LogP contribution in [0.4, 0.5) is 0 Å². The van der Waals surface area contributed by atoms with E-state index in [0.717, 1.165) is 32.1 Å². The van der Waals surface area contributed by atoms with Gasteiger partial charge in [-0.2, -0.15) is 0 Å². The molecule has 0 N–H and O–H groups in total. The van der Waals surface area contributed by atoms with Crippen LogP contribution in [0.1, 0.15) is 39.0 Å². The molecule has 0 aromatic heterocycles. The van der Waals surface area contributed by atoms with Gasteiger partial charge < -0.3 is 14.2 Å². The number of methoxy groups -OCH3 is 1. The maximum absolute atomic E-state index is 12.2. The predicted molar refractivity (Wildman–Crippen MR) is 63.1 cm³/mol. The number of Topliss-reactive ketones (excluding diaryl/α,β-unsaturated/α-hetero) is 1. The second kappa shape index (κ2) is 5.36. The Kier molecular flexibility index (Phi) is 4.02. The number of carbonyl (C=O) groups excluding carboxylic acids is 2. The topological polar surface area (TPSA) is 61.8 Å². The van der Waals surface area contributed by atoms with E-state index >= 15 is 0 Å². The van der Waals surface area contributed by atoms with Gasteiger partial charge in [-0.3, -0.25) is 4.79 Å². The molecule has 0 amide bonds. The lowest BCUT2D eigenvalue weighted by Crippen LogP contribution is -2.44. The molecule has 102 valence electrons. The fourth-order valence-electron chi connectivity index (χ4n) is 2.99. The largest absolute Gasteiger partial charge is 0.464 e. The van der Waals surface area contributed by atoms with Gasteiger partial charge >= 0.3 is 5.97 Å². The molecule has 0 bridgehead atoms. The molecule has 1 saturated carbocycles. The Morgan fingerprint density at radius 2 is 2.06 bits per heavy atom. The van der Waals surface area contributed by atoms with E-state index in [1.165, 1.54) is 7.11 Å². The van der Waals surface area contributed by atoms with Gasteiger partial charge in [-0.1, -0.05) is 19.3 Å². The van der Waals surface area contributed by atoms with Crippen molar-refractivity contribution in [1.82, 2.24) is 0 Å². The normalized spacial score (nSPS) is 30.7. The first-order valence-electron chi connectivity index (χ1n) is 6.55. The third-order valence-electron chi connectivity index (χ3n) is 3.78. The SMILES string of the molecule is CCOC(=O)C1OC2(CCCCC2)C(OC)C1=O. The summed E-state index contributed by atoms with van der Waals surface area (Å²) in [4.78, 5) is 23.9. The van der Waals surface area contributed by atoms with Crippen molar-refractivity contribution in [2.45, 2.75) is 56.8 Å². The van der Waals surface area contributed by atoms with Crippen LogP contribution in [0.15, 0.2) is 0 Å². The zero-order valence-electron chi connectivity index (χ0n) is 10.9. The molecule has 0 radical (unpaired) electrons. The van der Waals surface area contributed by atoms with Crippen LogP contribution in [0, 0.1) is 0 Å². The zero-order valence-corrected chi connectivity index (χ0v) is 10.9. The van der Waals surface area contributed by atoms with Crippen molar-refractivity contribution in [3.63, 3.8) is 0 Å². The minimum Gasteiger partial charge on any atom is -0.464 e. The second-order valence-electron chi connectivity index (χ2n) is 4.89. The van der Waals surface area contributed by atoms with Gasteiger partial charge in [-0.05, 0) is 19.8 Å². The molecule has 1 heterocycles. The lowest BCUT2D eigenvalue weighted by Gasteiger charge is -2.35. The summed E-state index contributed by atoms with van der Waals surface area (Å²) in [5.74, 6) is -0.884. The molecule has 18 heavy (non-hydrogen) atoms. The smallest absolute Gasteiger partial charge is 0.343 e. The highest BCUT2D eigenvalue weighted by Crippen LogP contribution is 2.42. The molecule has 1 saturated heterocycles. The van der Waals surface area contributed by atoms with Crippen LogP contribution >= 0.6 is 0 Å². The predicted octanol–water partition coefficient (Wildman–Crippen LogP) is 1.24. The van der Waals surface area contributed by atoms with Crippen LogP contribution in [0.25, 0.3) is 0 Å². The minimum absolute atomic E-state index is 0.247. The van der Waals surface area contributed by atoms with Crippen molar-refractivity contribution < 1.29 is 23.8 Å². The molecule has 1 aliphatic carbocycles. The molecule has 1 spiro atoms. The van der Waals surface area contributed by atoms with Gasteiger partial charge in [0.1, 0.15) is 11.7 Å². The van der Waals surface area contributed by atoms with Crippen molar-refractivity contribution in [1.29, 1.82) is 0 Å². The number of esters is 1. The van der Waals surface area contributed by atoms with E-state index in [9.17, 15) is 9.59 Å². The summed E-state index contributed by atoms with van der Waals surface area (Å²) in [6.07, 6.45) is 2.95. The number of carbonyl (C=O) groups is 2. The summed E-state index contributed by atoms with van der Waals surface area (Å²) < 4.78 is 15.9. The Hall–Kier alpha value is -0.940. The Bertz CT molecular complexity index is 332. The Morgan fingerprint density at radius 1 is 1.39 bits per heavy atom. The summed E-state index contributed by atoms with van der Waals surface area (Å²) in [6, 6.07) is 0. The fraction of sp³-hybridized carbons (Fsp3) is 0.846. The standard InChI is InChI=1S/C13H20O5/c1-3-17-12(15)10-9(14)11(16-2)13(18-10)7-5-4-6-8-13/h10-11H,3-8H2,1-2H3. The van der Waals surface area contributed by atoms with Gasteiger partial charge in [-0.25, -0.2) is 4.79 Å². The van der Waals surface area contributed by atoms with E-state index in [0.29, 0.717) is 0 Å². The van der Waals surface area contributed by atoms with E-state index in [-0.39, 0.29) is 12.4 Å². The van der Waals surface area contributed by atoms with Crippen LogP contribution in [-0.2, 0) is 23.8 Å². The number of hydrogen-bond donors (Lipinski definition) is 0. The highest BCUT2D eigenvalue weighted by Gasteiger charge is 2.57. The molecule has 5 nitrogen and oxygen atoms in total. The van der Waals surface area contributed by atoms with Crippen LogP contribution in [0.3, 0.4) is 0 Å². The van der Waals surface area contributed by atoms with Gasteiger partial charge in [0, 0.05) is 7.11 Å². The molecule has 1 aliphatic heterocycles. The van der Waals surface area contributed by atoms with Crippen LogP contribution < -0.4 is 0 Å². The van der Waals surface area contributed by atoms with Crippen molar-refractivity contribution in [2.24, 2.45) is 0 Å². The van der Waals surface area contributed by atoms with Crippen molar-refractivity contribution in [3.05, 3.63) is 0 Å². The number of hydrogen-bond acceptors (Lipinski definition) is 5. The summed E-state index contributed by atoms with van der Waals surface area (Å²) in [5.41, 5.74) is -0.610. The zero-order chi connectivity index (χ0) is 13.2. The van der Waals surface area contributed by atoms with Gasteiger partial charge in [0.2, 0.25) is 11.9 Å². The molecule has 2 aliphatic rings. The Labute approximate surface area is 107 Å². The average molecular weight is 256 g/mol. The molecule has 0 aromatic carbocycles. The first-order chi connectivity index (χ1) is 8.64. The Balaban J connectivity index is 2.18. The van der Waals surface area contributed by atoms with E-state index < -0.39 is 23.8 Å². The average Bonchev–Trinajstić information content (AvgIpc) is 2.63. The van der Waals surface area contributed by atoms with Crippen LogP contribution in [-0.4, -0.2) is 43.3 Å². The van der Waals surface area contributed by atoms with E-state index in [2.05, 4.69) is 0 Å². The third-order valence-corrected chi connectivity index (χ3v) is 3.78. The second-order valence-corrected chi connectivity index (χ2v) is 4.89. The highest BCUT2D eigenvalue weighted by atomic mass is 16.6. The summed E-state index contributed by atoms with van der Waals surface area (Å²) >= 11 is 0. The first kappa shape index (κ1) is 13.5. The van der Waals surface area contributed by atoms with Crippen LogP contribution in [0.5, 0.6) is 0 Å². The first-order valence-corrected chi connectivity index (χ1v) is 6.55. The lowest BCUT2D eigenvalue weighted by atomic mass is 9.80. The summed E-state index contributed by atoms with van der Waals surface area (Å²) in [7, 11) is 1.50. The lowest BCUT2D eigenvalue weighted by molar-refractivity contribution is -0.166. The van der Waals surface area contributed by atoms with Crippen molar-refractivity contribution in [3.8, 4) is 0 Å². The van der Waals surface area contributed by atoms with Crippen molar-refractivity contribution in [2.75, 3.05) is 13.7 Å². The molecule has 2 unspecified atom stereocenters. The number of rotatable bonds is 3.